The van der Waals surface area contributed by atoms with Crippen LogP contribution in [0.4, 0.5) is 13.2 Å². The van der Waals surface area contributed by atoms with Gasteiger partial charge in [-0.25, -0.2) is 0 Å². The largest absolute Gasteiger partial charge is 0.416 e. The maximum absolute atomic E-state index is 13.1. The minimum atomic E-state index is -4.28. The molecular formula is C16H24F3N. The van der Waals surface area contributed by atoms with E-state index in [1.165, 1.54) is 12.1 Å². The lowest BCUT2D eigenvalue weighted by Gasteiger charge is -2.22. The molecule has 0 aliphatic rings. The molecule has 0 aliphatic carbocycles. The van der Waals surface area contributed by atoms with E-state index in [1.807, 2.05) is 6.92 Å². The molecule has 1 nitrogen and oxygen atoms in total. The molecule has 20 heavy (non-hydrogen) atoms. The van der Waals surface area contributed by atoms with E-state index in [-0.39, 0.29) is 6.04 Å². The number of benzene rings is 1. The molecule has 0 amide bonds. The Bertz CT molecular complexity index is 388. The average Bonchev–Trinajstić information content (AvgIpc) is 2.41. The lowest BCUT2D eigenvalue weighted by Crippen LogP contribution is -2.24. The molecule has 0 aliphatic heterocycles. The molecule has 0 radical (unpaired) electrons. The fourth-order valence-electron chi connectivity index (χ4n) is 2.45. The van der Waals surface area contributed by atoms with Crippen molar-refractivity contribution in [2.24, 2.45) is 0 Å². The normalized spacial score (nSPS) is 13.4. The number of rotatable bonds is 8. The Balaban J connectivity index is 2.85. The molecule has 0 bridgehead atoms. The molecule has 4 heteroatoms. The van der Waals surface area contributed by atoms with Crippen LogP contribution in [0, 0.1) is 0 Å². The highest BCUT2D eigenvalue weighted by Gasteiger charge is 2.34. The van der Waals surface area contributed by atoms with Gasteiger partial charge in [0.05, 0.1) is 5.56 Å². The zero-order valence-corrected chi connectivity index (χ0v) is 12.3. The Labute approximate surface area is 119 Å². The first-order valence-electron chi connectivity index (χ1n) is 7.40. The van der Waals surface area contributed by atoms with E-state index in [9.17, 15) is 13.2 Å². The van der Waals surface area contributed by atoms with Crippen molar-refractivity contribution in [1.82, 2.24) is 5.32 Å². The summed E-state index contributed by atoms with van der Waals surface area (Å²) >= 11 is 0. The second kappa shape index (κ2) is 8.30. The van der Waals surface area contributed by atoms with Crippen molar-refractivity contribution in [3.8, 4) is 0 Å². The highest BCUT2D eigenvalue weighted by Crippen LogP contribution is 2.35. The Hall–Kier alpha value is -1.03. The van der Waals surface area contributed by atoms with Gasteiger partial charge < -0.3 is 5.32 Å². The number of alkyl halides is 3. The van der Waals surface area contributed by atoms with Gasteiger partial charge >= 0.3 is 6.18 Å². The van der Waals surface area contributed by atoms with E-state index in [2.05, 4.69) is 12.2 Å². The van der Waals surface area contributed by atoms with Crippen molar-refractivity contribution in [2.75, 3.05) is 6.54 Å². The molecule has 1 unspecified atom stereocenters. The van der Waals surface area contributed by atoms with Gasteiger partial charge in [0.25, 0.3) is 0 Å². The first-order chi connectivity index (χ1) is 9.50. The fourth-order valence-corrected chi connectivity index (χ4v) is 2.45. The van der Waals surface area contributed by atoms with Crippen LogP contribution in [-0.4, -0.2) is 6.54 Å². The van der Waals surface area contributed by atoms with E-state index in [0.717, 1.165) is 32.1 Å². The Kier molecular flexibility index (Phi) is 7.06. The second-order valence-electron chi connectivity index (χ2n) is 5.04. The number of halogens is 3. The Morgan fingerprint density at radius 2 is 1.75 bits per heavy atom. The van der Waals surface area contributed by atoms with Crippen molar-refractivity contribution in [1.29, 1.82) is 0 Å². The third-order valence-electron chi connectivity index (χ3n) is 3.44. The third kappa shape index (κ3) is 5.16. The van der Waals surface area contributed by atoms with Crippen LogP contribution >= 0.6 is 0 Å². The maximum Gasteiger partial charge on any atom is 0.416 e. The molecule has 1 aromatic carbocycles. The summed E-state index contributed by atoms with van der Waals surface area (Å²) in [6.07, 6.45) is 0.768. The van der Waals surface area contributed by atoms with E-state index in [1.54, 1.807) is 12.1 Å². The molecule has 0 saturated carbocycles. The smallest absolute Gasteiger partial charge is 0.310 e. The minimum Gasteiger partial charge on any atom is -0.310 e. The number of unbranched alkanes of at least 4 members (excludes halogenated alkanes) is 3. The van der Waals surface area contributed by atoms with Gasteiger partial charge in [-0.3, -0.25) is 0 Å². The number of hydrogen-bond donors (Lipinski definition) is 1. The summed E-state index contributed by atoms with van der Waals surface area (Å²) in [5, 5.41) is 3.19. The van der Waals surface area contributed by atoms with Gasteiger partial charge in [0.2, 0.25) is 0 Å². The van der Waals surface area contributed by atoms with Gasteiger partial charge in [0.15, 0.2) is 0 Å². The van der Waals surface area contributed by atoms with Crippen LogP contribution in [0.3, 0.4) is 0 Å². The van der Waals surface area contributed by atoms with Crippen molar-refractivity contribution < 1.29 is 13.2 Å². The lowest BCUT2D eigenvalue weighted by molar-refractivity contribution is -0.138. The van der Waals surface area contributed by atoms with Gasteiger partial charge in [-0.1, -0.05) is 57.7 Å². The molecule has 1 atom stereocenters. The van der Waals surface area contributed by atoms with Gasteiger partial charge in [-0.05, 0) is 24.6 Å². The molecule has 1 N–H and O–H groups in total. The molecule has 1 rings (SSSR count). The second-order valence-corrected chi connectivity index (χ2v) is 5.04. The monoisotopic (exact) mass is 287 g/mol. The zero-order chi connectivity index (χ0) is 15.0. The summed E-state index contributed by atoms with van der Waals surface area (Å²) in [5.41, 5.74) is -0.139. The van der Waals surface area contributed by atoms with Crippen molar-refractivity contribution in [3.05, 3.63) is 35.4 Å². The van der Waals surface area contributed by atoms with Crippen LogP contribution in [-0.2, 0) is 6.18 Å². The molecule has 1 aromatic rings. The summed E-state index contributed by atoms with van der Waals surface area (Å²) in [7, 11) is 0. The van der Waals surface area contributed by atoms with Crippen LogP contribution in [0.2, 0.25) is 0 Å². The van der Waals surface area contributed by atoms with Gasteiger partial charge in [0, 0.05) is 6.04 Å². The van der Waals surface area contributed by atoms with Gasteiger partial charge in [0.1, 0.15) is 0 Å². The van der Waals surface area contributed by atoms with E-state index in [0.29, 0.717) is 12.1 Å². The highest BCUT2D eigenvalue weighted by atomic mass is 19.4. The first-order valence-corrected chi connectivity index (χ1v) is 7.40. The van der Waals surface area contributed by atoms with E-state index >= 15 is 0 Å². The summed E-state index contributed by atoms with van der Waals surface area (Å²) < 4.78 is 39.2. The summed E-state index contributed by atoms with van der Waals surface area (Å²) in [4.78, 5) is 0. The summed E-state index contributed by atoms with van der Waals surface area (Å²) in [6, 6.07) is 5.68. The SMILES string of the molecule is CCCCCCC(NCC)c1ccccc1C(F)(F)F. The quantitative estimate of drug-likeness (QED) is 0.637. The number of hydrogen-bond acceptors (Lipinski definition) is 1. The van der Waals surface area contributed by atoms with E-state index in [4.69, 9.17) is 0 Å². The molecule has 114 valence electrons. The molecule has 0 saturated heterocycles. The Morgan fingerprint density at radius 1 is 1.05 bits per heavy atom. The summed E-state index contributed by atoms with van der Waals surface area (Å²) in [6.45, 7) is 4.72. The predicted molar refractivity (Wildman–Crippen MR) is 76.6 cm³/mol. The molecule has 0 heterocycles. The highest BCUT2D eigenvalue weighted by molar-refractivity contribution is 5.32. The van der Waals surface area contributed by atoms with Crippen LogP contribution in [0.5, 0.6) is 0 Å². The third-order valence-corrected chi connectivity index (χ3v) is 3.44. The Morgan fingerprint density at radius 3 is 2.35 bits per heavy atom. The standard InChI is InChI=1S/C16H24F3N/c1-3-5-6-7-12-15(20-4-2)13-10-8-9-11-14(13)16(17,18)19/h8-11,15,20H,3-7,12H2,1-2H3. The molecular weight excluding hydrogens is 263 g/mol. The maximum atomic E-state index is 13.1. The van der Waals surface area contributed by atoms with Crippen LogP contribution in [0.1, 0.15) is 63.1 Å². The first kappa shape index (κ1) is 17.0. The molecule has 0 spiro atoms. The minimum absolute atomic E-state index is 0.213. The fraction of sp³-hybridized carbons (Fsp3) is 0.625. The predicted octanol–water partition coefficient (Wildman–Crippen LogP) is 5.33. The zero-order valence-electron chi connectivity index (χ0n) is 12.3. The van der Waals surface area contributed by atoms with Crippen molar-refractivity contribution >= 4 is 0 Å². The van der Waals surface area contributed by atoms with Crippen LogP contribution in [0.15, 0.2) is 24.3 Å². The average molecular weight is 287 g/mol. The van der Waals surface area contributed by atoms with Gasteiger partial charge in [-0.2, -0.15) is 13.2 Å². The topological polar surface area (TPSA) is 12.0 Å². The van der Waals surface area contributed by atoms with Crippen molar-refractivity contribution in [3.63, 3.8) is 0 Å². The summed E-state index contributed by atoms with van der Waals surface area (Å²) in [5.74, 6) is 0. The molecule has 0 fully saturated rings. The van der Waals surface area contributed by atoms with Gasteiger partial charge in [-0.15, -0.1) is 0 Å². The van der Waals surface area contributed by atoms with Crippen molar-refractivity contribution in [2.45, 2.75) is 58.2 Å². The van der Waals surface area contributed by atoms with E-state index < -0.39 is 11.7 Å². The molecule has 0 aromatic heterocycles. The lowest BCUT2D eigenvalue weighted by atomic mass is 9.95. The number of nitrogens with one attached hydrogen (secondary N) is 1. The van der Waals surface area contributed by atoms with Crippen LogP contribution in [0.25, 0.3) is 0 Å². The van der Waals surface area contributed by atoms with Crippen LogP contribution < -0.4 is 5.32 Å².